The lowest BCUT2D eigenvalue weighted by molar-refractivity contribution is -0.0503. The molecule has 3 aliphatic heterocycles. The molecule has 1 atom stereocenters. The minimum absolute atomic E-state index is 0.474. The maximum absolute atomic E-state index is 8.61. The third-order valence-corrected chi connectivity index (χ3v) is 3.08. The molecule has 3 saturated heterocycles. The number of hydrogen-bond acceptors (Lipinski definition) is 4. The third kappa shape index (κ3) is 1.68. The van der Waals surface area contributed by atoms with E-state index in [-0.39, 0.29) is 0 Å². The van der Waals surface area contributed by atoms with Crippen LogP contribution in [0.5, 0.6) is 0 Å². The fourth-order valence-electron chi connectivity index (χ4n) is 2.23. The predicted molar refractivity (Wildman–Crippen MR) is 50.0 cm³/mol. The maximum atomic E-state index is 8.61. The predicted octanol–water partition coefficient (Wildman–Crippen LogP) is -0.601. The van der Waals surface area contributed by atoms with Gasteiger partial charge in [0, 0.05) is 32.7 Å². The third-order valence-electron chi connectivity index (χ3n) is 3.08. The molecular weight excluding hydrogens is 164 g/mol. The highest BCUT2D eigenvalue weighted by atomic mass is 15.4. The fraction of sp³-hybridized carbons (Fsp3) is 0.889. The highest BCUT2D eigenvalue weighted by molar-refractivity contribution is 4.89. The molecule has 3 heterocycles. The van der Waals surface area contributed by atoms with E-state index >= 15 is 0 Å². The van der Waals surface area contributed by atoms with E-state index in [1.807, 2.05) is 7.05 Å². The molecule has 2 bridgehead atoms. The molecule has 0 aromatic rings. The van der Waals surface area contributed by atoms with Crippen LogP contribution in [-0.2, 0) is 0 Å². The van der Waals surface area contributed by atoms with Crippen molar-refractivity contribution in [3.8, 4) is 6.07 Å². The van der Waals surface area contributed by atoms with Crippen LogP contribution in [0.15, 0.2) is 0 Å². The van der Waals surface area contributed by atoms with Gasteiger partial charge in [-0.05, 0) is 7.05 Å². The monoisotopic (exact) mass is 180 g/mol. The van der Waals surface area contributed by atoms with Gasteiger partial charge in [0.05, 0.1) is 18.8 Å². The molecule has 0 N–H and O–H groups in total. The maximum Gasteiger partial charge on any atom is 0.0876 e. The van der Waals surface area contributed by atoms with E-state index in [1.165, 1.54) is 26.2 Å². The molecular formula is C9H16N4. The van der Waals surface area contributed by atoms with Crippen LogP contribution in [0.3, 0.4) is 0 Å². The number of rotatable bonds is 2. The Labute approximate surface area is 79.3 Å². The first-order valence-corrected chi connectivity index (χ1v) is 4.85. The quantitative estimate of drug-likeness (QED) is 0.531. The lowest BCUT2D eigenvalue weighted by Crippen LogP contribution is -2.65. The Bertz CT molecular complexity index is 214. The Morgan fingerprint density at radius 1 is 1.38 bits per heavy atom. The van der Waals surface area contributed by atoms with Crippen molar-refractivity contribution >= 4 is 0 Å². The van der Waals surface area contributed by atoms with Gasteiger partial charge in [-0.25, -0.2) is 0 Å². The number of piperazine rings is 3. The topological polar surface area (TPSA) is 33.5 Å². The highest BCUT2D eigenvalue weighted by Gasteiger charge is 2.33. The van der Waals surface area contributed by atoms with Crippen LogP contribution >= 0.6 is 0 Å². The fourth-order valence-corrected chi connectivity index (χ4v) is 2.23. The summed E-state index contributed by atoms with van der Waals surface area (Å²) in [5.74, 6) is 0. The Kier molecular flexibility index (Phi) is 2.49. The van der Waals surface area contributed by atoms with Gasteiger partial charge >= 0.3 is 0 Å². The molecule has 4 heteroatoms. The van der Waals surface area contributed by atoms with E-state index in [0.717, 1.165) is 6.54 Å². The summed E-state index contributed by atoms with van der Waals surface area (Å²) in [5, 5.41) is 8.61. The van der Waals surface area contributed by atoms with Crippen LogP contribution in [-0.4, -0.2) is 67.2 Å². The zero-order valence-electron chi connectivity index (χ0n) is 8.11. The van der Waals surface area contributed by atoms with Crippen molar-refractivity contribution in [2.75, 3.05) is 46.3 Å². The van der Waals surface area contributed by atoms with E-state index in [1.54, 1.807) is 0 Å². The van der Waals surface area contributed by atoms with Gasteiger partial charge in [0.2, 0.25) is 0 Å². The van der Waals surface area contributed by atoms with Gasteiger partial charge in [0.15, 0.2) is 0 Å². The van der Waals surface area contributed by atoms with Crippen molar-refractivity contribution in [2.24, 2.45) is 0 Å². The first-order valence-electron chi connectivity index (χ1n) is 4.85. The van der Waals surface area contributed by atoms with Crippen molar-refractivity contribution in [1.82, 2.24) is 14.7 Å². The van der Waals surface area contributed by atoms with Gasteiger partial charge in [-0.1, -0.05) is 0 Å². The Hall–Kier alpha value is -0.630. The summed E-state index contributed by atoms with van der Waals surface area (Å²) in [6.07, 6.45) is 0.474. The largest absolute Gasteiger partial charge is 0.298 e. The summed E-state index contributed by atoms with van der Waals surface area (Å²) in [7, 11) is 2.04. The van der Waals surface area contributed by atoms with Gasteiger partial charge in [-0.2, -0.15) is 5.26 Å². The van der Waals surface area contributed by atoms with Crippen LogP contribution in [0.2, 0.25) is 0 Å². The first kappa shape index (κ1) is 8.95. The number of nitriles is 1. The Morgan fingerprint density at radius 3 is 2.54 bits per heavy atom. The molecule has 72 valence electrons. The van der Waals surface area contributed by atoms with Gasteiger partial charge in [-0.15, -0.1) is 0 Å². The van der Waals surface area contributed by atoms with Gasteiger partial charge in [0.25, 0.3) is 0 Å². The van der Waals surface area contributed by atoms with E-state index < -0.39 is 0 Å². The van der Waals surface area contributed by atoms with Crippen LogP contribution in [0, 0.1) is 11.3 Å². The molecule has 13 heavy (non-hydrogen) atoms. The van der Waals surface area contributed by atoms with E-state index in [2.05, 4.69) is 20.8 Å². The second-order valence-electron chi connectivity index (χ2n) is 3.89. The first-order chi connectivity index (χ1) is 6.31. The standard InChI is InChI=1S/C9H16N4/c1-11(3-2-10)9-8-12-4-6-13(9)7-5-12/h9H,3-8H2,1H3. The number of likely N-dealkylation sites (N-methyl/N-ethyl adjacent to an activating group) is 1. The van der Waals surface area contributed by atoms with Crippen molar-refractivity contribution in [2.45, 2.75) is 6.17 Å². The molecule has 0 amide bonds. The molecule has 4 nitrogen and oxygen atoms in total. The smallest absolute Gasteiger partial charge is 0.0876 e. The van der Waals surface area contributed by atoms with Crippen molar-refractivity contribution < 1.29 is 0 Å². The van der Waals surface area contributed by atoms with Crippen molar-refractivity contribution in [1.29, 1.82) is 5.26 Å². The lowest BCUT2D eigenvalue weighted by Gasteiger charge is -2.50. The summed E-state index contributed by atoms with van der Waals surface area (Å²) in [6, 6.07) is 2.20. The van der Waals surface area contributed by atoms with Crippen LogP contribution in [0.4, 0.5) is 0 Å². The second-order valence-corrected chi connectivity index (χ2v) is 3.89. The molecule has 0 aromatic heterocycles. The number of hydrogen-bond donors (Lipinski definition) is 0. The molecule has 3 rings (SSSR count). The number of fused-ring (bicyclic) bond motifs is 3. The Balaban J connectivity index is 1.97. The minimum atomic E-state index is 0.474. The van der Waals surface area contributed by atoms with E-state index in [9.17, 15) is 0 Å². The number of nitrogens with zero attached hydrogens (tertiary/aromatic N) is 4. The zero-order valence-corrected chi connectivity index (χ0v) is 8.11. The van der Waals surface area contributed by atoms with Gasteiger partial charge in [0.1, 0.15) is 0 Å². The second kappa shape index (κ2) is 3.62. The van der Waals surface area contributed by atoms with Gasteiger partial charge < -0.3 is 0 Å². The normalized spacial score (nSPS) is 37.8. The van der Waals surface area contributed by atoms with Crippen LogP contribution in [0.25, 0.3) is 0 Å². The highest BCUT2D eigenvalue weighted by Crippen LogP contribution is 2.17. The SMILES string of the molecule is CN(CC#N)C1CN2CCN1CC2. The average Bonchev–Trinajstić information content (AvgIpc) is 2.20. The summed E-state index contributed by atoms with van der Waals surface area (Å²) in [5.41, 5.74) is 0. The zero-order chi connectivity index (χ0) is 9.26. The lowest BCUT2D eigenvalue weighted by atomic mass is 10.2. The van der Waals surface area contributed by atoms with Gasteiger partial charge in [-0.3, -0.25) is 14.7 Å². The molecule has 3 aliphatic rings. The molecule has 0 saturated carbocycles. The molecule has 0 aromatic carbocycles. The Morgan fingerprint density at radius 2 is 2.08 bits per heavy atom. The summed E-state index contributed by atoms with van der Waals surface area (Å²) in [6.45, 7) is 6.39. The summed E-state index contributed by atoms with van der Waals surface area (Å²) in [4.78, 5) is 7.11. The average molecular weight is 180 g/mol. The van der Waals surface area contributed by atoms with E-state index in [4.69, 9.17) is 5.26 Å². The molecule has 1 unspecified atom stereocenters. The molecule has 3 fully saturated rings. The molecule has 0 radical (unpaired) electrons. The minimum Gasteiger partial charge on any atom is -0.298 e. The van der Waals surface area contributed by atoms with Crippen LogP contribution < -0.4 is 0 Å². The summed E-state index contributed by atoms with van der Waals surface area (Å²) >= 11 is 0. The summed E-state index contributed by atoms with van der Waals surface area (Å²) < 4.78 is 0. The van der Waals surface area contributed by atoms with Crippen molar-refractivity contribution in [3.63, 3.8) is 0 Å². The molecule has 0 spiro atoms. The van der Waals surface area contributed by atoms with E-state index in [0.29, 0.717) is 12.7 Å². The van der Waals surface area contributed by atoms with Crippen molar-refractivity contribution in [3.05, 3.63) is 0 Å². The molecule has 0 aliphatic carbocycles. The van der Waals surface area contributed by atoms with Crippen LogP contribution in [0.1, 0.15) is 0 Å².